The number of Topliss-reactive ketones (excluding diaryl/α,β-unsaturated/α-hetero) is 1. The molecule has 2 nitrogen and oxygen atoms in total. The Hall–Kier alpha value is -1.15. The van der Waals surface area contributed by atoms with Crippen LogP contribution in [0.15, 0.2) is 24.3 Å². The highest BCUT2D eigenvalue weighted by Gasteiger charge is 2.43. The highest BCUT2D eigenvalue weighted by molar-refractivity contribution is 6.03. The maximum absolute atomic E-state index is 12.9. The van der Waals surface area contributed by atoms with E-state index in [-0.39, 0.29) is 11.0 Å². The van der Waals surface area contributed by atoms with Gasteiger partial charge >= 0.3 is 0 Å². The minimum atomic E-state index is -0.275. The summed E-state index contributed by atoms with van der Waals surface area (Å²) in [5, 5.41) is 0. The van der Waals surface area contributed by atoms with E-state index in [1.165, 1.54) is 5.56 Å². The molecular weight excluding hydrogens is 246 g/mol. The summed E-state index contributed by atoms with van der Waals surface area (Å²) in [6.45, 7) is 6.59. The number of nitrogens with zero attached hydrogens (tertiary/aromatic N) is 1. The molecule has 0 amide bonds. The molecule has 2 heteroatoms. The van der Waals surface area contributed by atoms with Gasteiger partial charge in [0, 0.05) is 5.56 Å². The van der Waals surface area contributed by atoms with Crippen LogP contribution in [0.25, 0.3) is 0 Å². The molecule has 0 heterocycles. The van der Waals surface area contributed by atoms with Crippen LogP contribution in [0.1, 0.15) is 62.4 Å². The van der Waals surface area contributed by atoms with Crippen LogP contribution in [0.2, 0.25) is 0 Å². The summed E-state index contributed by atoms with van der Waals surface area (Å²) >= 11 is 0. The van der Waals surface area contributed by atoms with Gasteiger partial charge in [-0.15, -0.1) is 0 Å². The molecule has 1 fully saturated rings. The van der Waals surface area contributed by atoms with Crippen molar-refractivity contribution in [2.24, 2.45) is 0 Å². The van der Waals surface area contributed by atoms with E-state index in [1.54, 1.807) is 0 Å². The van der Waals surface area contributed by atoms with E-state index in [2.05, 4.69) is 37.8 Å². The lowest BCUT2D eigenvalue weighted by molar-refractivity contribution is 0.0693. The lowest BCUT2D eigenvalue weighted by Crippen LogP contribution is -2.48. The largest absolute Gasteiger partial charge is 0.297 e. The molecule has 0 atom stereocenters. The Bertz CT molecular complexity index is 473. The van der Waals surface area contributed by atoms with E-state index < -0.39 is 0 Å². The first kappa shape index (κ1) is 15.2. The van der Waals surface area contributed by atoms with Crippen LogP contribution in [-0.2, 0) is 5.41 Å². The first-order valence-corrected chi connectivity index (χ1v) is 7.60. The first-order valence-electron chi connectivity index (χ1n) is 7.60. The molecule has 1 aromatic rings. The van der Waals surface area contributed by atoms with E-state index >= 15 is 0 Å². The Morgan fingerprint density at radius 3 is 1.95 bits per heavy atom. The van der Waals surface area contributed by atoms with Gasteiger partial charge in [0.1, 0.15) is 0 Å². The molecule has 1 aliphatic carbocycles. The number of hydrogen-bond acceptors (Lipinski definition) is 2. The fourth-order valence-corrected chi connectivity index (χ4v) is 3.23. The molecule has 0 radical (unpaired) electrons. The summed E-state index contributed by atoms with van der Waals surface area (Å²) in [7, 11) is 4.07. The Morgan fingerprint density at radius 1 is 1.05 bits per heavy atom. The van der Waals surface area contributed by atoms with Crippen molar-refractivity contribution in [3.8, 4) is 0 Å². The van der Waals surface area contributed by atoms with Gasteiger partial charge in [-0.25, -0.2) is 0 Å². The number of hydrogen-bond donors (Lipinski definition) is 0. The summed E-state index contributed by atoms with van der Waals surface area (Å²) < 4.78 is 0. The average molecular weight is 273 g/mol. The van der Waals surface area contributed by atoms with Crippen molar-refractivity contribution in [1.82, 2.24) is 4.90 Å². The summed E-state index contributed by atoms with van der Waals surface area (Å²) in [6.07, 6.45) is 4.29. The highest BCUT2D eigenvalue weighted by Crippen LogP contribution is 2.37. The fraction of sp³-hybridized carbons (Fsp3) is 0.611. The zero-order valence-electron chi connectivity index (χ0n) is 13.5. The van der Waals surface area contributed by atoms with Crippen LogP contribution in [0.3, 0.4) is 0 Å². The summed E-state index contributed by atoms with van der Waals surface area (Å²) in [5.41, 5.74) is 1.99. The van der Waals surface area contributed by atoms with Gasteiger partial charge in [0.2, 0.25) is 0 Å². The summed E-state index contributed by atoms with van der Waals surface area (Å²) in [6, 6.07) is 8.22. The van der Waals surface area contributed by atoms with Crippen LogP contribution < -0.4 is 0 Å². The molecule has 110 valence electrons. The van der Waals surface area contributed by atoms with Crippen molar-refractivity contribution < 1.29 is 4.79 Å². The van der Waals surface area contributed by atoms with Crippen molar-refractivity contribution in [2.45, 2.75) is 57.4 Å². The average Bonchev–Trinajstić information content (AvgIpc) is 2.87. The fourth-order valence-electron chi connectivity index (χ4n) is 3.23. The summed E-state index contributed by atoms with van der Waals surface area (Å²) in [4.78, 5) is 15.1. The maximum Gasteiger partial charge on any atom is 0.183 e. The van der Waals surface area contributed by atoms with Gasteiger partial charge in [-0.05, 0) is 37.9 Å². The van der Waals surface area contributed by atoms with E-state index in [0.717, 1.165) is 31.2 Å². The van der Waals surface area contributed by atoms with Gasteiger partial charge in [-0.2, -0.15) is 0 Å². The molecule has 0 bridgehead atoms. The van der Waals surface area contributed by atoms with E-state index in [1.807, 2.05) is 26.2 Å². The third-order valence-electron chi connectivity index (χ3n) is 4.72. The third kappa shape index (κ3) is 2.67. The van der Waals surface area contributed by atoms with Crippen molar-refractivity contribution in [1.29, 1.82) is 0 Å². The van der Waals surface area contributed by atoms with E-state index in [4.69, 9.17) is 0 Å². The number of benzene rings is 1. The lowest BCUT2D eigenvalue weighted by atomic mass is 9.83. The van der Waals surface area contributed by atoms with E-state index in [9.17, 15) is 4.79 Å². The molecule has 0 unspecified atom stereocenters. The van der Waals surface area contributed by atoms with Crippen molar-refractivity contribution in [3.63, 3.8) is 0 Å². The molecule has 0 aliphatic heterocycles. The second-order valence-electron chi connectivity index (χ2n) is 7.29. The monoisotopic (exact) mass is 273 g/mol. The topological polar surface area (TPSA) is 20.3 Å². The van der Waals surface area contributed by atoms with Crippen LogP contribution >= 0.6 is 0 Å². The second kappa shape index (κ2) is 5.33. The smallest absolute Gasteiger partial charge is 0.183 e. The zero-order chi connectivity index (χ0) is 15.0. The Labute approximate surface area is 123 Å². The molecule has 0 N–H and O–H groups in total. The predicted octanol–water partition coefficient (Wildman–Crippen LogP) is 4.04. The van der Waals surface area contributed by atoms with Crippen LogP contribution in [-0.4, -0.2) is 30.3 Å². The second-order valence-corrected chi connectivity index (χ2v) is 7.29. The third-order valence-corrected chi connectivity index (χ3v) is 4.72. The zero-order valence-corrected chi connectivity index (χ0v) is 13.5. The van der Waals surface area contributed by atoms with Crippen LogP contribution in [0.5, 0.6) is 0 Å². The molecule has 0 spiro atoms. The van der Waals surface area contributed by atoms with Gasteiger partial charge < -0.3 is 0 Å². The van der Waals surface area contributed by atoms with Crippen molar-refractivity contribution >= 4 is 5.78 Å². The van der Waals surface area contributed by atoms with Crippen LogP contribution in [0, 0.1) is 0 Å². The van der Waals surface area contributed by atoms with Crippen molar-refractivity contribution in [2.75, 3.05) is 14.1 Å². The minimum Gasteiger partial charge on any atom is -0.297 e. The molecule has 0 saturated heterocycles. The predicted molar refractivity (Wildman–Crippen MR) is 84.4 cm³/mol. The normalized spacial score (nSPS) is 18.5. The number of rotatable bonds is 3. The first-order chi connectivity index (χ1) is 9.27. The number of likely N-dealkylation sites (N-methyl/N-ethyl adjacent to an activating group) is 1. The minimum absolute atomic E-state index is 0.133. The number of ketones is 1. The Morgan fingerprint density at radius 2 is 1.55 bits per heavy atom. The van der Waals surface area contributed by atoms with Gasteiger partial charge in [-0.3, -0.25) is 9.69 Å². The highest BCUT2D eigenvalue weighted by atomic mass is 16.1. The molecule has 1 aromatic carbocycles. The molecule has 20 heavy (non-hydrogen) atoms. The Kier molecular flexibility index (Phi) is 4.06. The lowest BCUT2D eigenvalue weighted by Gasteiger charge is -2.35. The standard InChI is InChI=1S/C18H27NO/c1-17(2,3)15-10-8-14(9-11-15)16(20)18(19(4)5)12-6-7-13-18/h8-11H,6-7,12-13H2,1-5H3. The van der Waals surface area contributed by atoms with Gasteiger partial charge in [0.25, 0.3) is 0 Å². The molecule has 2 rings (SSSR count). The van der Waals surface area contributed by atoms with Gasteiger partial charge in [0.05, 0.1) is 5.54 Å². The quantitative estimate of drug-likeness (QED) is 0.775. The number of carbonyl (C=O) groups is 1. The molecule has 1 aliphatic rings. The van der Waals surface area contributed by atoms with Gasteiger partial charge in [-0.1, -0.05) is 57.9 Å². The molecule has 1 saturated carbocycles. The SMILES string of the molecule is CN(C)C1(C(=O)c2ccc(C(C)(C)C)cc2)CCCC1. The maximum atomic E-state index is 12.9. The number of carbonyl (C=O) groups excluding carboxylic acids is 1. The van der Waals surface area contributed by atoms with Crippen molar-refractivity contribution in [3.05, 3.63) is 35.4 Å². The van der Waals surface area contributed by atoms with Crippen LogP contribution in [0.4, 0.5) is 0 Å². The van der Waals surface area contributed by atoms with E-state index in [0.29, 0.717) is 5.78 Å². The summed E-state index contributed by atoms with van der Waals surface area (Å²) in [5.74, 6) is 0.292. The van der Waals surface area contributed by atoms with Gasteiger partial charge in [0.15, 0.2) is 5.78 Å². The molecular formula is C18H27NO. The Balaban J connectivity index is 2.29. The molecule has 0 aromatic heterocycles.